The van der Waals surface area contributed by atoms with Gasteiger partial charge >= 0.3 is 266 Å². The summed E-state index contributed by atoms with van der Waals surface area (Å²) in [6.45, 7) is 14.0. The van der Waals surface area contributed by atoms with E-state index in [-0.39, 0.29) is 12.7 Å². The van der Waals surface area contributed by atoms with Crippen molar-refractivity contribution in [3.05, 3.63) is 137 Å². The molecule has 6 rings (SSSR count). The van der Waals surface area contributed by atoms with E-state index in [9.17, 15) is 0 Å². The summed E-state index contributed by atoms with van der Waals surface area (Å²) in [5, 5.41) is 0. The van der Waals surface area contributed by atoms with Crippen LogP contribution in [0.1, 0.15) is 75.6 Å². The third kappa shape index (κ3) is 4.38. The van der Waals surface area contributed by atoms with E-state index < -0.39 is 20.0 Å². The van der Waals surface area contributed by atoms with Crippen molar-refractivity contribution < 1.29 is 14.1 Å². The number of fused-ring (bicyclic) bond motifs is 2. The van der Waals surface area contributed by atoms with Crippen LogP contribution in [0, 0.1) is 0 Å². The Bertz CT molecular complexity index is 1760. The first kappa shape index (κ1) is 31.0. The molecular weight excluding hydrogens is 659 g/mol. The third-order valence-corrected chi connectivity index (χ3v) is 78.1. The van der Waals surface area contributed by atoms with Crippen molar-refractivity contribution in [3.8, 4) is 11.1 Å². The van der Waals surface area contributed by atoms with Gasteiger partial charge in [-0.2, -0.15) is 0 Å². The van der Waals surface area contributed by atoms with E-state index in [4.69, 9.17) is 17.0 Å². The molecule has 0 nitrogen and oxygen atoms in total. The number of benzene rings is 4. The zero-order valence-electron chi connectivity index (χ0n) is 26.4. The van der Waals surface area contributed by atoms with Gasteiger partial charge in [0.1, 0.15) is 0 Å². The Balaban J connectivity index is 1.68. The Hall–Kier alpha value is -1.96. The van der Waals surface area contributed by atoms with Gasteiger partial charge in [-0.05, 0) is 0 Å². The minimum absolute atomic E-state index is 0.0110. The molecule has 0 bridgehead atoms. The molecule has 0 amide bonds. The van der Waals surface area contributed by atoms with E-state index in [0.717, 1.165) is 12.8 Å². The Morgan fingerprint density at radius 1 is 0.767 bits per heavy atom. The first-order valence-corrected chi connectivity index (χ1v) is 33.5. The molecule has 4 aromatic carbocycles. The molecule has 4 heteroatoms. The van der Waals surface area contributed by atoms with Gasteiger partial charge in [0.05, 0.1) is 0 Å². The van der Waals surface area contributed by atoms with Crippen LogP contribution in [-0.4, -0.2) is 5.92 Å². The van der Waals surface area contributed by atoms with Crippen LogP contribution in [0.5, 0.6) is 0 Å². The molecule has 0 saturated carbocycles. The van der Waals surface area contributed by atoms with Gasteiger partial charge in [0, 0.05) is 0 Å². The second kappa shape index (κ2) is 10.6. The van der Waals surface area contributed by atoms with Crippen LogP contribution >= 0.6 is 17.0 Å². The number of rotatable bonds is 7. The van der Waals surface area contributed by atoms with Gasteiger partial charge in [-0.1, -0.05) is 0 Å². The van der Waals surface area contributed by atoms with E-state index in [1.165, 1.54) is 47.8 Å². The molecule has 0 fully saturated rings. The molecule has 2 aliphatic rings. The summed E-state index contributed by atoms with van der Waals surface area (Å²) in [5.74, 6) is -1.84. The fourth-order valence-corrected chi connectivity index (χ4v) is 51.8. The summed E-state index contributed by atoms with van der Waals surface area (Å²) in [6.07, 6.45) is 9.20. The minimum atomic E-state index is -5.73. The molecule has 0 N–H and O–H groups in total. The maximum absolute atomic E-state index is 9.02. The molecule has 0 aromatic heterocycles. The van der Waals surface area contributed by atoms with Crippen LogP contribution < -0.4 is 3.27 Å². The zero-order valence-corrected chi connectivity index (χ0v) is 31.5. The average Bonchev–Trinajstić information content (AvgIpc) is 3.61. The van der Waals surface area contributed by atoms with Crippen LogP contribution in [0.3, 0.4) is 0 Å². The molecule has 2 atom stereocenters. The summed E-state index contributed by atoms with van der Waals surface area (Å²) >= 11 is -5.73. The van der Waals surface area contributed by atoms with Crippen molar-refractivity contribution in [2.75, 3.05) is 0 Å². The van der Waals surface area contributed by atoms with Gasteiger partial charge in [0.25, 0.3) is 0 Å². The molecular formula is C39H44Cl2SiZr. The second-order valence-corrected chi connectivity index (χ2v) is 65.4. The molecule has 2 aliphatic carbocycles. The van der Waals surface area contributed by atoms with Crippen LogP contribution in [0.25, 0.3) is 23.3 Å². The van der Waals surface area contributed by atoms with Gasteiger partial charge in [0.15, 0.2) is 0 Å². The molecule has 0 heterocycles. The molecule has 0 saturated heterocycles. The molecule has 222 valence electrons. The number of halogens is 2. The summed E-state index contributed by atoms with van der Waals surface area (Å²) in [6, 6.07) is 35.8. The normalized spacial score (nSPS) is 19.5. The van der Waals surface area contributed by atoms with Crippen LogP contribution in [0.2, 0.25) is 13.1 Å². The van der Waals surface area contributed by atoms with Gasteiger partial charge in [-0.15, -0.1) is 0 Å². The molecule has 2 unspecified atom stereocenters. The Morgan fingerprint density at radius 3 is 2.07 bits per heavy atom. The predicted octanol–water partition coefficient (Wildman–Crippen LogP) is 11.5. The number of hydrogen-bond acceptors (Lipinski definition) is 0. The Labute approximate surface area is 264 Å². The van der Waals surface area contributed by atoms with Crippen molar-refractivity contribution in [1.29, 1.82) is 0 Å². The van der Waals surface area contributed by atoms with E-state index >= 15 is 0 Å². The van der Waals surface area contributed by atoms with Gasteiger partial charge in [0.2, 0.25) is 0 Å². The van der Waals surface area contributed by atoms with E-state index in [0.29, 0.717) is 0 Å². The quantitative estimate of drug-likeness (QED) is 0.168. The van der Waals surface area contributed by atoms with Gasteiger partial charge in [-0.3, -0.25) is 0 Å². The van der Waals surface area contributed by atoms with Gasteiger partial charge < -0.3 is 0 Å². The van der Waals surface area contributed by atoms with Crippen LogP contribution in [0.4, 0.5) is 0 Å². The second-order valence-electron chi connectivity index (χ2n) is 14.4. The molecule has 4 aromatic rings. The van der Waals surface area contributed by atoms with Crippen molar-refractivity contribution in [2.45, 2.75) is 66.3 Å². The fourth-order valence-electron chi connectivity index (χ4n) is 8.45. The van der Waals surface area contributed by atoms with Crippen molar-refractivity contribution in [1.82, 2.24) is 0 Å². The van der Waals surface area contributed by atoms with Gasteiger partial charge in [-0.25, -0.2) is 0 Å². The van der Waals surface area contributed by atoms with E-state index in [1.54, 1.807) is 0 Å². The fraction of sp³-hybridized carbons (Fsp3) is 0.282. The SMILES string of the molecule is CCCC1=Cc2c(-c3ccc(C(C)(C)C)cc3)cccc2[CH]1[Zr]([Cl])([Cl])([c]1ccccc1)([CH]1C=Cc2ccccc21)[SiH](C)C. The zero-order chi connectivity index (χ0) is 30.7. The first-order valence-electron chi connectivity index (χ1n) is 15.9. The molecule has 0 aliphatic heterocycles. The predicted molar refractivity (Wildman–Crippen MR) is 191 cm³/mol. The van der Waals surface area contributed by atoms with Crippen molar-refractivity contribution >= 4 is 38.4 Å². The molecule has 43 heavy (non-hydrogen) atoms. The number of hydrogen-bond donors (Lipinski definition) is 0. The average molecular weight is 703 g/mol. The van der Waals surface area contributed by atoms with Crippen molar-refractivity contribution in [2.24, 2.45) is 0 Å². The van der Waals surface area contributed by atoms with Crippen LogP contribution in [-0.2, 0) is 19.5 Å². The summed E-state index contributed by atoms with van der Waals surface area (Å²) in [5.41, 5.74) is 10.6. The van der Waals surface area contributed by atoms with Crippen molar-refractivity contribution in [3.63, 3.8) is 0 Å². The summed E-state index contributed by atoms with van der Waals surface area (Å²) in [4.78, 5) is 0. The van der Waals surface area contributed by atoms with Crippen LogP contribution in [0.15, 0.2) is 109 Å². The Kier molecular flexibility index (Phi) is 7.62. The molecule has 0 radical (unpaired) electrons. The van der Waals surface area contributed by atoms with E-state index in [2.05, 4.69) is 156 Å². The standard InChI is InChI=1S/C22H25.C9H7.C6H5.C2H7Si.2ClH.Zr/c1-5-7-16-14-18-8-6-9-20(21(18)15-16)17-10-12-19(13-11-17)22(2,3)4;1-2-5-9-7-3-6-8(9)4-1;1-2-4-6-5-3-1;1-3-2;;;/h6,8-15H,5,7H2,1-4H3;1-7H;1-5H;3H,1-2H3;2*1H;/q;;;;;;+2/p-2. The topological polar surface area (TPSA) is 0 Å². The molecule has 0 spiro atoms. The monoisotopic (exact) mass is 700 g/mol. The Morgan fingerprint density at radius 2 is 1.42 bits per heavy atom. The summed E-state index contributed by atoms with van der Waals surface area (Å²) < 4.78 is 1.18. The maximum atomic E-state index is 9.02. The number of allylic oxidation sites excluding steroid dienone is 2. The summed E-state index contributed by atoms with van der Waals surface area (Å²) in [7, 11) is 18.0. The third-order valence-electron chi connectivity index (χ3n) is 10.9. The van der Waals surface area contributed by atoms with E-state index in [1.807, 2.05) is 0 Å². The first-order chi connectivity index (χ1) is 20.4.